The Morgan fingerprint density at radius 2 is 3.30 bits per heavy atom. The lowest BCUT2D eigenvalue weighted by molar-refractivity contribution is 0.389. The summed E-state index contributed by atoms with van der Waals surface area (Å²) in [4.78, 5) is 0. The summed E-state index contributed by atoms with van der Waals surface area (Å²) < 4.78 is 76.1. The van der Waals surface area contributed by atoms with Crippen LogP contribution < -0.4 is 5.32 Å². The Hall–Kier alpha value is -0.830. The molecule has 1 unspecified atom stereocenters. The van der Waals surface area contributed by atoms with E-state index in [4.69, 9.17) is 13.7 Å². The third kappa shape index (κ3) is 0.827. The zero-order valence-electron chi connectivity index (χ0n) is 14.9. The number of hydrogen-bond donors (Lipinski definition) is 1. The molecular weight excluding hydrogens is 126 g/mol. The average Bonchev–Trinajstić information content (AvgIpc) is 2.52. The van der Waals surface area contributed by atoms with E-state index in [0.717, 1.165) is 0 Å². The fourth-order valence-electron chi connectivity index (χ4n) is 0.652. The van der Waals surface area contributed by atoms with Crippen LogP contribution in [0.1, 0.15) is 26.3 Å². The van der Waals surface area contributed by atoms with Crippen molar-refractivity contribution in [3.63, 3.8) is 0 Å². The molecular formula is C7H11N3. The molecule has 3 heteroatoms. The molecule has 2 heterocycles. The summed E-state index contributed by atoms with van der Waals surface area (Å²) in [7, 11) is 0. The van der Waals surface area contributed by atoms with E-state index in [0.29, 0.717) is 4.68 Å². The van der Waals surface area contributed by atoms with Gasteiger partial charge in [-0.15, -0.1) is 0 Å². The Morgan fingerprint density at radius 1 is 2.30 bits per heavy atom. The first kappa shape index (κ1) is 1.50. The van der Waals surface area contributed by atoms with Crippen molar-refractivity contribution in [2.75, 3.05) is 0 Å². The van der Waals surface area contributed by atoms with Crippen molar-refractivity contribution in [2.45, 2.75) is 25.9 Å². The minimum absolute atomic E-state index is 0.313. The van der Waals surface area contributed by atoms with Crippen LogP contribution in [0, 0.1) is 0 Å². The Morgan fingerprint density at radius 3 is 4.20 bits per heavy atom. The van der Waals surface area contributed by atoms with Crippen molar-refractivity contribution in [1.82, 2.24) is 15.1 Å². The molecule has 0 fully saturated rings. The molecule has 54 valence electrons. The molecule has 0 aromatic carbocycles. The summed E-state index contributed by atoms with van der Waals surface area (Å²) in [5.74, 6) is 0. The zero-order chi connectivity index (χ0) is 15.7. The van der Waals surface area contributed by atoms with Gasteiger partial charge in [-0.3, -0.25) is 4.68 Å². The second kappa shape index (κ2) is 2.09. The van der Waals surface area contributed by atoms with Crippen LogP contribution in [0.25, 0.3) is 0 Å². The molecule has 2 rings (SSSR count). The van der Waals surface area contributed by atoms with Crippen LogP contribution in [0.3, 0.4) is 0 Å². The van der Waals surface area contributed by atoms with E-state index in [1.807, 2.05) is 5.32 Å². The van der Waals surface area contributed by atoms with Crippen molar-refractivity contribution in [3.05, 3.63) is 17.9 Å². The number of nitrogens with zero attached hydrogens (tertiary/aromatic N) is 2. The summed E-state index contributed by atoms with van der Waals surface area (Å²) in [5, 5.41) is 5.19. The van der Waals surface area contributed by atoms with Crippen LogP contribution in [-0.4, -0.2) is 15.8 Å². The molecule has 0 saturated heterocycles. The number of rotatable bonds is 0. The van der Waals surface area contributed by atoms with Crippen LogP contribution in [0.5, 0.6) is 0 Å². The standard InChI is InChI=1S/C7H11N3/c1-6-5-10-7(4-8-6)2-3-9-10/h2-3,6,8H,4-5H2,1H3/i1D3,2D,3D,4D2,5D2,6D. The monoisotopic (exact) mass is 147 g/mol. The van der Waals surface area contributed by atoms with Gasteiger partial charge in [-0.25, -0.2) is 0 Å². The van der Waals surface area contributed by atoms with Crippen LogP contribution >= 0.6 is 0 Å². The average molecular weight is 147 g/mol. The molecule has 0 spiro atoms. The summed E-state index contributed by atoms with van der Waals surface area (Å²) in [6, 6.07) is -3.67. The highest BCUT2D eigenvalue weighted by molar-refractivity contribution is 5.02. The third-order valence-electron chi connectivity index (χ3n) is 1.06. The quantitative estimate of drug-likeness (QED) is 0.575. The summed E-state index contributed by atoms with van der Waals surface area (Å²) in [6.07, 6.45) is -0.690. The third-order valence-corrected chi connectivity index (χ3v) is 1.06. The number of aromatic nitrogens is 2. The number of fused-ring (bicyclic) bond motifs is 1. The smallest absolute Gasteiger partial charge is 0.0860 e. The SMILES string of the molecule is [2H]c1nn2c(c1[2H])C([2H])([2H])NC([2H])(C([2H])([2H])[2H])C2([2H])[2H]. The second-order valence-corrected chi connectivity index (χ2v) is 1.73. The Kier molecular flexibility index (Phi) is 0.315. The largest absolute Gasteiger partial charge is 0.307 e. The van der Waals surface area contributed by atoms with Gasteiger partial charge in [0.15, 0.2) is 0 Å². The molecule has 0 aliphatic carbocycles. The molecule has 1 aliphatic heterocycles. The normalized spacial score (nSPS) is 57.6. The first-order valence-electron chi connectivity index (χ1n) is 7.62. The minimum atomic E-state index is -3.20. The van der Waals surface area contributed by atoms with Gasteiger partial charge < -0.3 is 5.32 Å². The highest BCUT2D eigenvalue weighted by Gasteiger charge is 2.12. The molecule has 0 saturated carbocycles. The Balaban J connectivity index is 2.80. The van der Waals surface area contributed by atoms with Crippen LogP contribution in [-0.2, 0) is 13.0 Å². The topological polar surface area (TPSA) is 29.9 Å². The van der Waals surface area contributed by atoms with E-state index >= 15 is 0 Å². The summed E-state index contributed by atoms with van der Waals surface area (Å²) in [6.45, 7) is -8.84. The first-order valence-corrected chi connectivity index (χ1v) is 2.62. The maximum absolute atomic E-state index is 7.87. The van der Waals surface area contributed by atoms with Crippen molar-refractivity contribution in [1.29, 1.82) is 0 Å². The molecule has 10 heavy (non-hydrogen) atoms. The van der Waals surface area contributed by atoms with E-state index in [-0.39, 0.29) is 0 Å². The minimum Gasteiger partial charge on any atom is -0.307 e. The predicted octanol–water partition coefficient (Wildman–Crippen LogP) is 0.375. The molecule has 1 aromatic rings. The van der Waals surface area contributed by atoms with Gasteiger partial charge >= 0.3 is 0 Å². The molecule has 1 atom stereocenters. The van der Waals surface area contributed by atoms with E-state index in [9.17, 15) is 0 Å². The molecule has 3 nitrogen and oxygen atoms in total. The fourth-order valence-corrected chi connectivity index (χ4v) is 0.652. The fraction of sp³-hybridized carbons (Fsp3) is 0.571. The van der Waals surface area contributed by atoms with E-state index in [2.05, 4.69) is 5.10 Å². The Labute approximate surface area is 74.1 Å². The van der Waals surface area contributed by atoms with Crippen molar-refractivity contribution >= 4 is 0 Å². The maximum Gasteiger partial charge on any atom is 0.0860 e. The first-order chi connectivity index (χ1) is 8.76. The number of nitrogens with one attached hydrogen (secondary N) is 1. The molecule has 0 bridgehead atoms. The van der Waals surface area contributed by atoms with Gasteiger partial charge in [-0.2, -0.15) is 5.10 Å². The van der Waals surface area contributed by atoms with Gasteiger partial charge in [0.05, 0.1) is 17.7 Å². The van der Waals surface area contributed by atoms with Crippen molar-refractivity contribution in [2.24, 2.45) is 0 Å². The highest BCUT2D eigenvalue weighted by Crippen LogP contribution is 2.05. The molecule has 1 aromatic heterocycles. The lowest BCUT2D eigenvalue weighted by Gasteiger charge is -2.21. The van der Waals surface area contributed by atoms with Crippen LogP contribution in [0.15, 0.2) is 12.2 Å². The van der Waals surface area contributed by atoms with Gasteiger partial charge in [-0.1, -0.05) is 0 Å². The van der Waals surface area contributed by atoms with E-state index < -0.39 is 43.8 Å². The van der Waals surface area contributed by atoms with E-state index in [1.165, 1.54) is 0 Å². The van der Waals surface area contributed by atoms with E-state index in [1.54, 1.807) is 0 Å². The van der Waals surface area contributed by atoms with Crippen LogP contribution in [0.4, 0.5) is 0 Å². The van der Waals surface area contributed by atoms with Gasteiger partial charge in [0, 0.05) is 26.9 Å². The zero-order valence-corrected chi connectivity index (χ0v) is 4.89. The summed E-state index contributed by atoms with van der Waals surface area (Å²) in [5.41, 5.74) is -0.611. The van der Waals surface area contributed by atoms with Gasteiger partial charge in [-0.05, 0) is 12.9 Å². The predicted molar refractivity (Wildman–Crippen MR) is 38.5 cm³/mol. The molecule has 1 aliphatic rings. The van der Waals surface area contributed by atoms with Gasteiger partial charge in [0.2, 0.25) is 0 Å². The van der Waals surface area contributed by atoms with Crippen molar-refractivity contribution in [3.8, 4) is 0 Å². The van der Waals surface area contributed by atoms with Crippen LogP contribution in [0.2, 0.25) is 0 Å². The molecule has 0 amide bonds. The summed E-state index contributed by atoms with van der Waals surface area (Å²) >= 11 is 0. The molecule has 1 N–H and O–H groups in total. The van der Waals surface area contributed by atoms with Crippen molar-refractivity contribution < 1.29 is 13.7 Å². The van der Waals surface area contributed by atoms with Gasteiger partial charge in [0.25, 0.3) is 0 Å². The number of hydrogen-bond acceptors (Lipinski definition) is 2. The lowest BCUT2D eigenvalue weighted by Crippen LogP contribution is -2.36. The molecule has 0 radical (unpaired) electrons. The Bertz CT molecular complexity index is 560. The van der Waals surface area contributed by atoms with Gasteiger partial charge in [0.1, 0.15) is 0 Å². The maximum atomic E-state index is 7.87. The highest BCUT2D eigenvalue weighted by atomic mass is 15.3. The lowest BCUT2D eigenvalue weighted by atomic mass is 10.2. The second-order valence-electron chi connectivity index (χ2n) is 1.73.